The lowest BCUT2D eigenvalue weighted by atomic mass is 10.1. The number of phosphoric acid groups is 4. The summed E-state index contributed by atoms with van der Waals surface area (Å²) in [6.07, 6.45) is -17.1. The maximum atomic E-state index is 12.9. The van der Waals surface area contributed by atoms with Crippen molar-refractivity contribution in [2.45, 2.75) is 73.6 Å². The Hall–Kier alpha value is -3.34. The summed E-state index contributed by atoms with van der Waals surface area (Å²) < 4.78 is 88.5. The normalized spacial score (nSPS) is 33.1. The summed E-state index contributed by atoms with van der Waals surface area (Å²) in [5, 5.41) is 65.9. The molecule has 4 unspecified atom stereocenters. The third kappa shape index (κ3) is 10.4. The molecule has 7 heterocycles. The monoisotopic (exact) mass is 984 g/mol. The van der Waals surface area contributed by atoms with E-state index in [1.807, 2.05) is 0 Å². The number of aliphatic hydroxyl groups excluding tert-OH is 6. The summed E-state index contributed by atoms with van der Waals surface area (Å²) in [5.74, 6) is -0.483. The highest BCUT2D eigenvalue weighted by molar-refractivity contribution is 7.61. The molecule has 4 aromatic heterocycles. The molecule has 63 heavy (non-hydrogen) atoms. The van der Waals surface area contributed by atoms with Crippen LogP contribution in [0.25, 0.3) is 22.3 Å². The first-order valence-electron chi connectivity index (χ1n) is 17.4. The van der Waals surface area contributed by atoms with Crippen molar-refractivity contribution >= 4 is 65.4 Å². The Bertz CT molecular complexity index is 2580. The summed E-state index contributed by atoms with van der Waals surface area (Å²) in [4.78, 5) is 82.4. The van der Waals surface area contributed by atoms with Gasteiger partial charge in [0, 0.05) is 0 Å². The molecule has 0 aliphatic carbocycles. The number of nitrogens with two attached hydrogens (primary N) is 1. The fraction of sp³-hybridized carbons (Fsp3) is 0.600. The number of aromatic nitrogens is 8. The van der Waals surface area contributed by atoms with Crippen molar-refractivity contribution in [2.75, 3.05) is 30.9 Å². The van der Waals surface area contributed by atoms with Crippen LogP contribution in [-0.4, -0.2) is 175 Å². The third-order valence-electron chi connectivity index (χ3n) is 9.31. The Morgan fingerprint density at radius 2 is 1.13 bits per heavy atom. The average Bonchev–Trinajstić information content (AvgIpc) is 3.98. The molecule has 0 saturated carbocycles. The van der Waals surface area contributed by atoms with Crippen molar-refractivity contribution < 1.29 is 110 Å². The highest BCUT2D eigenvalue weighted by Crippen LogP contribution is 2.61. The van der Waals surface area contributed by atoms with Crippen LogP contribution in [0.5, 0.6) is 0 Å². The van der Waals surface area contributed by atoms with E-state index in [1.165, 1.54) is 10.9 Å². The minimum Gasteiger partial charge on any atom is -0.387 e. The van der Waals surface area contributed by atoms with Crippen LogP contribution in [0.2, 0.25) is 0 Å². The average molecular weight is 985 g/mol. The van der Waals surface area contributed by atoms with Gasteiger partial charge in [-0.3, -0.25) is 32.5 Å². The van der Waals surface area contributed by atoms with Crippen LogP contribution in [0.1, 0.15) is 12.5 Å². The van der Waals surface area contributed by atoms with Gasteiger partial charge in [-0.15, -0.1) is 0 Å². The number of ether oxygens (including phenoxy) is 3. The zero-order valence-corrected chi connectivity index (χ0v) is 34.6. The van der Waals surface area contributed by atoms with Crippen molar-refractivity contribution in [1.82, 2.24) is 39.0 Å². The minimum absolute atomic E-state index is 0.00527. The molecule has 3 saturated heterocycles. The maximum absolute atomic E-state index is 12.9. The minimum atomic E-state index is -5.56. The molecule has 38 heteroatoms. The van der Waals surface area contributed by atoms with Gasteiger partial charge in [-0.1, -0.05) is 0 Å². The van der Waals surface area contributed by atoms with Gasteiger partial charge in [0.1, 0.15) is 66.8 Å². The number of hydrogen-bond donors (Lipinski definition) is 14. The van der Waals surface area contributed by atoms with Crippen molar-refractivity contribution in [3.8, 4) is 0 Å². The van der Waals surface area contributed by atoms with Gasteiger partial charge in [0.25, 0.3) is 5.56 Å². The number of nitrogens with one attached hydrogen (secondary N) is 2. The van der Waals surface area contributed by atoms with Crippen LogP contribution >= 0.6 is 31.3 Å². The van der Waals surface area contributed by atoms with Gasteiger partial charge in [-0.2, -0.15) is 13.6 Å². The molecular weight excluding hydrogens is 948 g/mol. The van der Waals surface area contributed by atoms with Gasteiger partial charge in [0.2, 0.25) is 5.95 Å². The third-order valence-corrected chi connectivity index (χ3v) is 14.1. The Morgan fingerprint density at radius 3 is 1.67 bits per heavy atom. The molecule has 15 N–H and O–H groups in total. The second-order valence-electron chi connectivity index (χ2n) is 13.6. The molecule has 3 fully saturated rings. The van der Waals surface area contributed by atoms with E-state index < -0.39 is 136 Å². The van der Waals surface area contributed by atoms with Crippen LogP contribution < -0.4 is 16.6 Å². The number of aromatic amines is 1. The van der Waals surface area contributed by atoms with E-state index in [1.54, 1.807) is 0 Å². The highest BCUT2D eigenvalue weighted by Gasteiger charge is 2.49. The molecule has 7 rings (SSSR count). The summed E-state index contributed by atoms with van der Waals surface area (Å²) in [6.45, 7) is -3.12. The Kier molecular flexibility index (Phi) is 13.5. The van der Waals surface area contributed by atoms with E-state index in [4.69, 9.17) is 38.8 Å². The standard InChI is InChI=1S/C25H36N10O24P4/c26-18-10-19(28-4-27-18)34(5-29-10)23-16(40)13(37)9(56-23)3-54-63(50,51)59-62(48,49)53-1-7-12(36)15(39)22(55-7)33-25-31-20-11(21(42)32-25)30-6-35(20)24-17(41)14(38)8(57-24)2-52-61(46,47)58-60(43,44)45/h4-9,12-17,22-24,36-41H,1-3H2,(H,46,47)(H,48,49)(H,50,51)(H2,26,27,28)(H2,43,44,45)(H2,31,32,33,42)/t7-,8-,9-,12-,13-,14-,15-,16-,17-,22?,23-,24-/m1/s1. The van der Waals surface area contributed by atoms with E-state index in [0.717, 1.165) is 17.2 Å². The van der Waals surface area contributed by atoms with E-state index in [-0.39, 0.29) is 28.1 Å². The molecule has 4 aromatic rings. The van der Waals surface area contributed by atoms with E-state index >= 15 is 0 Å². The number of nitrogens with zero attached hydrogens (tertiary/aromatic N) is 7. The molecule has 0 amide bonds. The largest absolute Gasteiger partial charge is 0.481 e. The molecule has 0 aromatic carbocycles. The number of H-pyrrole nitrogens is 1. The first-order chi connectivity index (χ1) is 29.3. The van der Waals surface area contributed by atoms with Crippen LogP contribution in [-0.2, 0) is 54.7 Å². The zero-order valence-electron chi connectivity index (χ0n) is 31.0. The number of aliphatic hydroxyl groups is 6. The van der Waals surface area contributed by atoms with Crippen molar-refractivity contribution in [1.29, 1.82) is 0 Å². The molecule has 0 radical (unpaired) electrons. The Balaban J connectivity index is 0.936. The fourth-order valence-corrected chi connectivity index (χ4v) is 10.1. The number of anilines is 2. The summed E-state index contributed by atoms with van der Waals surface area (Å²) in [6, 6.07) is 0. The van der Waals surface area contributed by atoms with E-state index in [9.17, 15) is 68.4 Å². The summed E-state index contributed by atoms with van der Waals surface area (Å²) in [7, 11) is -22.0. The maximum Gasteiger partial charge on any atom is 0.481 e. The smallest absolute Gasteiger partial charge is 0.387 e. The summed E-state index contributed by atoms with van der Waals surface area (Å²) >= 11 is 0. The van der Waals surface area contributed by atoms with Crippen molar-refractivity contribution in [2.24, 2.45) is 0 Å². The van der Waals surface area contributed by atoms with Gasteiger partial charge in [-0.25, -0.2) is 38.2 Å². The number of fused-ring (bicyclic) bond motifs is 2. The lowest BCUT2D eigenvalue weighted by Crippen LogP contribution is -2.37. The van der Waals surface area contributed by atoms with Crippen LogP contribution in [0.4, 0.5) is 11.8 Å². The number of rotatable bonds is 17. The molecule has 3 aliphatic rings. The Morgan fingerprint density at radius 1 is 0.651 bits per heavy atom. The molecule has 15 atom stereocenters. The van der Waals surface area contributed by atoms with Crippen LogP contribution in [0.15, 0.2) is 23.8 Å². The van der Waals surface area contributed by atoms with Gasteiger partial charge in [0.05, 0.1) is 32.5 Å². The highest BCUT2D eigenvalue weighted by atomic mass is 31.3. The summed E-state index contributed by atoms with van der Waals surface area (Å²) in [5.41, 5.74) is 4.36. The van der Waals surface area contributed by atoms with Crippen LogP contribution in [0, 0.1) is 0 Å². The number of nitrogen functional groups attached to an aromatic ring is 1. The molecule has 0 spiro atoms. The number of imidazole rings is 2. The second-order valence-corrected chi connectivity index (χ2v) is 19.5. The predicted molar refractivity (Wildman–Crippen MR) is 196 cm³/mol. The van der Waals surface area contributed by atoms with Gasteiger partial charge < -0.3 is 80.4 Å². The molecular formula is C25H36N10O24P4. The second kappa shape index (κ2) is 17.8. The van der Waals surface area contributed by atoms with Crippen molar-refractivity contribution in [3.63, 3.8) is 0 Å². The van der Waals surface area contributed by atoms with E-state index in [0.29, 0.717) is 0 Å². The Labute approximate surface area is 347 Å². The first kappa shape index (κ1) is 47.6. The van der Waals surface area contributed by atoms with Crippen LogP contribution in [0.3, 0.4) is 0 Å². The molecule has 34 nitrogen and oxygen atoms in total. The SMILES string of the molecule is Nc1ncnc2c1ncn2[C@@H]1O[C@H](COP(=O)(O)OP(=O)(O)OC[C@H]2OC(Nc3nc4c(ncn4[C@@H]4O[C@H](COP(=O)(O)OP(=O)(O)O)[C@@H](O)[C@H]4O)c(=O)[nH]3)[C@H](O)[C@@H]2O)[C@@H](O)[C@H]1O. The number of phosphoric ester groups is 3. The molecule has 350 valence electrons. The fourth-order valence-electron chi connectivity index (χ4n) is 6.41. The molecule has 0 bridgehead atoms. The lowest BCUT2D eigenvalue weighted by Gasteiger charge is -2.20. The molecule has 3 aliphatic heterocycles. The number of hydrogen-bond acceptors (Lipinski definition) is 26. The first-order valence-corrected chi connectivity index (χ1v) is 23.5. The van der Waals surface area contributed by atoms with E-state index in [2.05, 4.69) is 48.4 Å². The van der Waals surface area contributed by atoms with Crippen molar-refractivity contribution in [3.05, 3.63) is 29.3 Å². The quantitative estimate of drug-likeness (QED) is 0.0441. The predicted octanol–water partition coefficient (Wildman–Crippen LogP) is -4.88. The lowest BCUT2D eigenvalue weighted by molar-refractivity contribution is -0.0506. The van der Waals surface area contributed by atoms with Gasteiger partial charge in [-0.05, 0) is 0 Å². The zero-order chi connectivity index (χ0) is 46.0. The van der Waals surface area contributed by atoms with Gasteiger partial charge in [0.15, 0.2) is 41.3 Å². The van der Waals surface area contributed by atoms with Gasteiger partial charge >= 0.3 is 31.3 Å². The topological polar surface area (TPSA) is 510 Å².